The van der Waals surface area contributed by atoms with E-state index in [9.17, 15) is 4.79 Å². The van der Waals surface area contributed by atoms with Crippen molar-refractivity contribution in [2.75, 3.05) is 0 Å². The molecule has 0 aromatic carbocycles. The Morgan fingerprint density at radius 2 is 2.12 bits per heavy atom. The molecule has 0 aliphatic rings. The highest BCUT2D eigenvalue weighted by Gasteiger charge is 2.06. The number of hydrogen-bond acceptors (Lipinski definition) is 3. The molecule has 4 heteroatoms. The summed E-state index contributed by atoms with van der Waals surface area (Å²) in [4.78, 5) is 18.2. The minimum absolute atomic E-state index is 0.128. The topological polar surface area (TPSA) is 42.0 Å². The van der Waals surface area contributed by atoms with Crippen molar-refractivity contribution in [1.29, 1.82) is 0 Å². The van der Waals surface area contributed by atoms with E-state index < -0.39 is 0 Å². The number of aromatic nitrogens is 1. The molecule has 17 heavy (non-hydrogen) atoms. The van der Waals surface area contributed by atoms with Crippen molar-refractivity contribution in [2.24, 2.45) is 0 Å². The smallest absolute Gasteiger partial charge is 0.270 e. The summed E-state index contributed by atoms with van der Waals surface area (Å²) >= 11 is 1.73. The van der Waals surface area contributed by atoms with Gasteiger partial charge in [0.15, 0.2) is 0 Å². The molecular formula is C13H14N2OS. The number of rotatable bonds is 4. The first-order valence-corrected chi connectivity index (χ1v) is 6.38. The lowest BCUT2D eigenvalue weighted by Crippen LogP contribution is -2.23. The number of nitrogens with one attached hydrogen (secondary N) is 1. The first kappa shape index (κ1) is 11.8. The monoisotopic (exact) mass is 246 g/mol. The molecule has 0 aliphatic carbocycles. The van der Waals surface area contributed by atoms with Gasteiger partial charge in [-0.05, 0) is 30.7 Å². The van der Waals surface area contributed by atoms with Crippen molar-refractivity contribution < 1.29 is 4.79 Å². The molecule has 3 nitrogen and oxygen atoms in total. The van der Waals surface area contributed by atoms with E-state index in [1.165, 1.54) is 9.75 Å². The summed E-state index contributed by atoms with van der Waals surface area (Å²) in [5.74, 6) is -0.128. The molecule has 2 aromatic rings. The van der Waals surface area contributed by atoms with E-state index in [1.54, 1.807) is 29.7 Å². The van der Waals surface area contributed by atoms with Gasteiger partial charge in [0.2, 0.25) is 0 Å². The van der Waals surface area contributed by atoms with E-state index in [4.69, 9.17) is 0 Å². The number of amides is 1. The molecule has 0 aliphatic heterocycles. The second-order valence-corrected chi connectivity index (χ2v) is 4.87. The van der Waals surface area contributed by atoms with Gasteiger partial charge in [-0.3, -0.25) is 9.78 Å². The summed E-state index contributed by atoms with van der Waals surface area (Å²) in [7, 11) is 0. The lowest BCUT2D eigenvalue weighted by Gasteiger charge is -2.02. The van der Waals surface area contributed by atoms with Crippen molar-refractivity contribution >= 4 is 17.2 Å². The molecule has 1 amide bonds. The number of carbonyl (C=O) groups is 1. The summed E-state index contributed by atoms with van der Waals surface area (Å²) in [5.41, 5.74) is 0.458. The highest BCUT2D eigenvalue weighted by Crippen LogP contribution is 2.16. The van der Waals surface area contributed by atoms with Crippen LogP contribution in [0.4, 0.5) is 0 Å². The first-order chi connectivity index (χ1) is 8.29. The van der Waals surface area contributed by atoms with Crippen LogP contribution in [0.2, 0.25) is 0 Å². The molecule has 2 aromatic heterocycles. The summed E-state index contributed by atoms with van der Waals surface area (Å²) in [6.45, 7) is 2.70. The molecule has 88 valence electrons. The summed E-state index contributed by atoms with van der Waals surface area (Å²) in [6, 6.07) is 9.47. The van der Waals surface area contributed by atoms with E-state index in [-0.39, 0.29) is 5.91 Å². The molecule has 0 fully saturated rings. The molecule has 0 saturated carbocycles. The molecule has 0 bridgehead atoms. The van der Waals surface area contributed by atoms with Crippen molar-refractivity contribution in [1.82, 2.24) is 10.3 Å². The molecule has 1 N–H and O–H groups in total. The van der Waals surface area contributed by atoms with Crippen LogP contribution in [0.3, 0.4) is 0 Å². The first-order valence-electron chi connectivity index (χ1n) is 5.56. The minimum Gasteiger partial charge on any atom is -0.346 e. The second-order valence-electron chi connectivity index (χ2n) is 3.62. The minimum atomic E-state index is -0.128. The SMILES string of the molecule is CCc1ccc(CNC(=O)c2ccccn2)s1. The van der Waals surface area contributed by atoms with E-state index in [1.807, 2.05) is 6.07 Å². The van der Waals surface area contributed by atoms with Gasteiger partial charge in [-0.1, -0.05) is 13.0 Å². The fourth-order valence-corrected chi connectivity index (χ4v) is 2.36. The zero-order valence-corrected chi connectivity index (χ0v) is 10.5. The normalized spacial score (nSPS) is 10.2. The number of thiophene rings is 1. The van der Waals surface area contributed by atoms with Gasteiger partial charge in [0.05, 0.1) is 6.54 Å². The molecule has 2 rings (SSSR count). The Bertz CT molecular complexity index is 493. The Hall–Kier alpha value is -1.68. The van der Waals surface area contributed by atoms with Crippen LogP contribution in [0.15, 0.2) is 36.5 Å². The maximum Gasteiger partial charge on any atom is 0.270 e. The van der Waals surface area contributed by atoms with Crippen LogP contribution in [0.5, 0.6) is 0 Å². The van der Waals surface area contributed by atoms with E-state index >= 15 is 0 Å². The third-order valence-electron chi connectivity index (χ3n) is 2.39. The highest BCUT2D eigenvalue weighted by atomic mass is 32.1. The molecule has 2 heterocycles. The highest BCUT2D eigenvalue weighted by molar-refractivity contribution is 7.11. The van der Waals surface area contributed by atoms with Gasteiger partial charge in [0.25, 0.3) is 5.91 Å². The number of aryl methyl sites for hydroxylation is 1. The van der Waals surface area contributed by atoms with Gasteiger partial charge in [0, 0.05) is 16.0 Å². The van der Waals surface area contributed by atoms with E-state index in [0.29, 0.717) is 12.2 Å². The number of carbonyl (C=O) groups excluding carboxylic acids is 1. The molecular weight excluding hydrogens is 232 g/mol. The van der Waals surface area contributed by atoms with Crippen LogP contribution >= 0.6 is 11.3 Å². The summed E-state index contributed by atoms with van der Waals surface area (Å²) in [6.07, 6.45) is 2.66. The van der Waals surface area contributed by atoms with Crippen molar-refractivity contribution in [3.63, 3.8) is 0 Å². The second kappa shape index (κ2) is 5.59. The Kier molecular flexibility index (Phi) is 3.88. The third-order valence-corrected chi connectivity index (χ3v) is 3.62. The predicted molar refractivity (Wildman–Crippen MR) is 69.1 cm³/mol. The Morgan fingerprint density at radius 3 is 2.76 bits per heavy atom. The van der Waals surface area contributed by atoms with Crippen LogP contribution < -0.4 is 5.32 Å². The lowest BCUT2D eigenvalue weighted by atomic mass is 10.3. The van der Waals surface area contributed by atoms with Crippen molar-refractivity contribution in [2.45, 2.75) is 19.9 Å². The largest absolute Gasteiger partial charge is 0.346 e. The van der Waals surface area contributed by atoms with Crippen LogP contribution in [-0.2, 0) is 13.0 Å². The standard InChI is InChI=1S/C13H14N2OS/c1-2-10-6-7-11(17-10)9-15-13(16)12-5-3-4-8-14-12/h3-8H,2,9H2,1H3,(H,15,16). The van der Waals surface area contributed by atoms with Gasteiger partial charge in [-0.25, -0.2) is 0 Å². The maximum atomic E-state index is 11.7. The average Bonchev–Trinajstić information content (AvgIpc) is 2.85. The molecule has 0 saturated heterocycles. The van der Waals surface area contributed by atoms with Gasteiger partial charge in [0.1, 0.15) is 5.69 Å². The van der Waals surface area contributed by atoms with Crippen LogP contribution in [0.1, 0.15) is 27.2 Å². The zero-order chi connectivity index (χ0) is 12.1. The Labute approximate surface area is 105 Å². The quantitative estimate of drug-likeness (QED) is 0.901. The Balaban J connectivity index is 1.92. The van der Waals surface area contributed by atoms with Crippen LogP contribution in [0.25, 0.3) is 0 Å². The Morgan fingerprint density at radius 1 is 1.29 bits per heavy atom. The fraction of sp³-hybridized carbons (Fsp3) is 0.231. The van der Waals surface area contributed by atoms with Crippen LogP contribution in [0, 0.1) is 0 Å². The van der Waals surface area contributed by atoms with Gasteiger partial charge in [-0.2, -0.15) is 0 Å². The van der Waals surface area contributed by atoms with E-state index in [2.05, 4.69) is 29.4 Å². The van der Waals surface area contributed by atoms with Crippen LogP contribution in [-0.4, -0.2) is 10.9 Å². The number of pyridine rings is 1. The summed E-state index contributed by atoms with van der Waals surface area (Å²) < 4.78 is 0. The molecule has 0 spiro atoms. The number of hydrogen-bond donors (Lipinski definition) is 1. The average molecular weight is 246 g/mol. The molecule has 0 radical (unpaired) electrons. The van der Waals surface area contributed by atoms with E-state index in [0.717, 1.165) is 6.42 Å². The van der Waals surface area contributed by atoms with Gasteiger partial charge >= 0.3 is 0 Å². The third kappa shape index (κ3) is 3.14. The summed E-state index contributed by atoms with van der Waals surface area (Å²) in [5, 5.41) is 2.86. The van der Waals surface area contributed by atoms with Crippen molar-refractivity contribution in [3.05, 3.63) is 52.0 Å². The lowest BCUT2D eigenvalue weighted by molar-refractivity contribution is 0.0946. The predicted octanol–water partition coefficient (Wildman–Crippen LogP) is 2.64. The van der Waals surface area contributed by atoms with Crippen molar-refractivity contribution in [3.8, 4) is 0 Å². The molecule has 0 atom stereocenters. The maximum absolute atomic E-state index is 11.7. The number of nitrogens with zero attached hydrogens (tertiary/aromatic N) is 1. The van der Waals surface area contributed by atoms with Gasteiger partial charge < -0.3 is 5.32 Å². The van der Waals surface area contributed by atoms with Gasteiger partial charge in [-0.15, -0.1) is 11.3 Å². The molecule has 0 unspecified atom stereocenters. The zero-order valence-electron chi connectivity index (χ0n) is 9.64. The fourth-order valence-electron chi connectivity index (χ4n) is 1.46.